The SMILES string of the molecule is Cc1ccc(Cl)c(NCC(O)COCC2CCCO2)c1. The van der Waals surface area contributed by atoms with E-state index in [-0.39, 0.29) is 6.10 Å². The molecule has 0 aromatic heterocycles. The fourth-order valence-corrected chi connectivity index (χ4v) is 2.36. The van der Waals surface area contributed by atoms with Crippen LogP contribution in [0.25, 0.3) is 0 Å². The molecule has 20 heavy (non-hydrogen) atoms. The van der Waals surface area contributed by atoms with E-state index in [0.717, 1.165) is 30.7 Å². The maximum atomic E-state index is 9.87. The van der Waals surface area contributed by atoms with Gasteiger partial charge in [0.25, 0.3) is 0 Å². The largest absolute Gasteiger partial charge is 0.389 e. The van der Waals surface area contributed by atoms with Crippen LogP contribution < -0.4 is 5.32 Å². The maximum Gasteiger partial charge on any atom is 0.0945 e. The van der Waals surface area contributed by atoms with Gasteiger partial charge in [0, 0.05) is 13.2 Å². The van der Waals surface area contributed by atoms with Crippen molar-refractivity contribution in [1.29, 1.82) is 0 Å². The zero-order chi connectivity index (χ0) is 14.4. The minimum atomic E-state index is -0.562. The van der Waals surface area contributed by atoms with Gasteiger partial charge in [0.1, 0.15) is 0 Å². The average molecular weight is 300 g/mol. The Morgan fingerprint density at radius 3 is 3.15 bits per heavy atom. The summed E-state index contributed by atoms with van der Waals surface area (Å²) in [6, 6.07) is 5.76. The van der Waals surface area contributed by atoms with Gasteiger partial charge in [-0.3, -0.25) is 0 Å². The smallest absolute Gasteiger partial charge is 0.0945 e. The fraction of sp³-hybridized carbons (Fsp3) is 0.600. The van der Waals surface area contributed by atoms with Crippen molar-refractivity contribution < 1.29 is 14.6 Å². The first-order chi connectivity index (χ1) is 9.65. The minimum absolute atomic E-state index is 0.196. The summed E-state index contributed by atoms with van der Waals surface area (Å²) in [5.74, 6) is 0. The molecule has 4 nitrogen and oxygen atoms in total. The first kappa shape index (κ1) is 15.6. The van der Waals surface area contributed by atoms with Gasteiger partial charge in [-0.25, -0.2) is 0 Å². The van der Waals surface area contributed by atoms with Crippen LogP contribution in [-0.4, -0.2) is 43.7 Å². The molecule has 1 aliphatic heterocycles. The number of hydrogen-bond donors (Lipinski definition) is 2. The van der Waals surface area contributed by atoms with Crippen molar-refractivity contribution in [3.05, 3.63) is 28.8 Å². The lowest BCUT2D eigenvalue weighted by molar-refractivity contribution is -0.0137. The fourth-order valence-electron chi connectivity index (χ4n) is 2.17. The number of hydrogen-bond acceptors (Lipinski definition) is 4. The van der Waals surface area contributed by atoms with Crippen LogP contribution in [0.3, 0.4) is 0 Å². The molecule has 0 radical (unpaired) electrons. The third-order valence-corrected chi connectivity index (χ3v) is 3.62. The third-order valence-electron chi connectivity index (χ3n) is 3.29. The van der Waals surface area contributed by atoms with Gasteiger partial charge >= 0.3 is 0 Å². The molecule has 0 bridgehead atoms. The molecule has 5 heteroatoms. The zero-order valence-electron chi connectivity index (χ0n) is 11.8. The van der Waals surface area contributed by atoms with Crippen molar-refractivity contribution in [2.45, 2.75) is 32.0 Å². The van der Waals surface area contributed by atoms with E-state index in [1.54, 1.807) is 0 Å². The number of rotatable bonds is 7. The van der Waals surface area contributed by atoms with Crippen LogP contribution in [0.5, 0.6) is 0 Å². The van der Waals surface area contributed by atoms with Gasteiger partial charge in [-0.15, -0.1) is 0 Å². The quantitative estimate of drug-likeness (QED) is 0.812. The topological polar surface area (TPSA) is 50.7 Å². The summed E-state index contributed by atoms with van der Waals surface area (Å²) in [5.41, 5.74) is 1.96. The van der Waals surface area contributed by atoms with Gasteiger partial charge in [0.05, 0.1) is 36.1 Å². The molecule has 1 aromatic rings. The lowest BCUT2D eigenvalue weighted by atomic mass is 10.2. The van der Waals surface area contributed by atoms with Crippen LogP contribution in [0.1, 0.15) is 18.4 Å². The van der Waals surface area contributed by atoms with E-state index in [9.17, 15) is 5.11 Å². The number of halogens is 1. The first-order valence-corrected chi connectivity index (χ1v) is 7.40. The molecule has 2 unspecified atom stereocenters. The van der Waals surface area contributed by atoms with Crippen molar-refractivity contribution in [2.75, 3.05) is 31.7 Å². The van der Waals surface area contributed by atoms with Gasteiger partial charge in [0.2, 0.25) is 0 Å². The second kappa shape index (κ2) is 7.84. The monoisotopic (exact) mass is 299 g/mol. The molecule has 1 aliphatic rings. The Hall–Kier alpha value is -0.810. The predicted molar refractivity (Wildman–Crippen MR) is 80.5 cm³/mol. The van der Waals surface area contributed by atoms with Crippen molar-refractivity contribution in [2.24, 2.45) is 0 Å². The lowest BCUT2D eigenvalue weighted by Gasteiger charge is -2.16. The summed E-state index contributed by atoms with van der Waals surface area (Å²) in [7, 11) is 0. The van der Waals surface area contributed by atoms with Crippen molar-refractivity contribution in [1.82, 2.24) is 0 Å². The Morgan fingerprint density at radius 1 is 1.55 bits per heavy atom. The van der Waals surface area contributed by atoms with Crippen LogP contribution in [-0.2, 0) is 9.47 Å². The Labute approximate surface area is 125 Å². The molecule has 0 aliphatic carbocycles. The number of aliphatic hydroxyl groups is 1. The normalized spacial score (nSPS) is 20.1. The van der Waals surface area contributed by atoms with Crippen LogP contribution >= 0.6 is 11.6 Å². The summed E-state index contributed by atoms with van der Waals surface area (Å²) in [6.07, 6.45) is 1.78. The van der Waals surface area contributed by atoms with E-state index in [1.165, 1.54) is 0 Å². The molecule has 0 spiro atoms. The molecule has 2 rings (SSSR count). The third kappa shape index (κ3) is 4.94. The van der Waals surface area contributed by atoms with E-state index < -0.39 is 6.10 Å². The molecule has 0 amide bonds. The molecule has 1 fully saturated rings. The van der Waals surface area contributed by atoms with Gasteiger partial charge < -0.3 is 19.9 Å². The summed E-state index contributed by atoms with van der Waals surface area (Å²) in [5, 5.41) is 13.7. The number of anilines is 1. The van der Waals surface area contributed by atoms with E-state index in [4.69, 9.17) is 21.1 Å². The zero-order valence-corrected chi connectivity index (χ0v) is 12.5. The van der Waals surface area contributed by atoms with E-state index >= 15 is 0 Å². The van der Waals surface area contributed by atoms with Crippen LogP contribution in [0.15, 0.2) is 18.2 Å². The Morgan fingerprint density at radius 2 is 2.40 bits per heavy atom. The molecule has 1 saturated heterocycles. The molecule has 2 N–H and O–H groups in total. The van der Waals surface area contributed by atoms with E-state index in [2.05, 4.69) is 5.32 Å². The minimum Gasteiger partial charge on any atom is -0.389 e. The summed E-state index contributed by atoms with van der Waals surface area (Å²) in [4.78, 5) is 0. The van der Waals surface area contributed by atoms with Gasteiger partial charge in [-0.05, 0) is 37.5 Å². The Balaban J connectivity index is 1.66. The molecule has 112 valence electrons. The maximum absolute atomic E-state index is 9.87. The molecule has 1 heterocycles. The average Bonchev–Trinajstić information content (AvgIpc) is 2.93. The molecule has 0 saturated carbocycles. The predicted octanol–water partition coefficient (Wildman–Crippen LogP) is 2.62. The number of ether oxygens (including phenoxy) is 2. The van der Waals surface area contributed by atoms with Gasteiger partial charge in [0.15, 0.2) is 0 Å². The van der Waals surface area contributed by atoms with Gasteiger partial charge in [-0.2, -0.15) is 0 Å². The highest BCUT2D eigenvalue weighted by Crippen LogP contribution is 2.22. The van der Waals surface area contributed by atoms with Crippen molar-refractivity contribution >= 4 is 17.3 Å². The second-order valence-electron chi connectivity index (χ2n) is 5.19. The standard InChI is InChI=1S/C15H22ClNO3/c1-11-4-5-14(16)15(7-11)17-8-12(18)9-19-10-13-3-2-6-20-13/h4-5,7,12-13,17-18H,2-3,6,8-10H2,1H3. The second-order valence-corrected chi connectivity index (χ2v) is 5.60. The van der Waals surface area contributed by atoms with Crippen LogP contribution in [0, 0.1) is 6.92 Å². The van der Waals surface area contributed by atoms with Crippen molar-refractivity contribution in [3.8, 4) is 0 Å². The lowest BCUT2D eigenvalue weighted by Crippen LogP contribution is -2.27. The number of aryl methyl sites for hydroxylation is 1. The number of nitrogens with one attached hydrogen (secondary N) is 1. The number of benzene rings is 1. The number of aliphatic hydroxyl groups excluding tert-OH is 1. The van der Waals surface area contributed by atoms with Crippen LogP contribution in [0.4, 0.5) is 5.69 Å². The Bertz CT molecular complexity index is 422. The molecule has 1 aromatic carbocycles. The first-order valence-electron chi connectivity index (χ1n) is 7.02. The summed E-state index contributed by atoms with van der Waals surface area (Å²) in [6.45, 7) is 4.10. The Kier molecular flexibility index (Phi) is 6.10. The summed E-state index contributed by atoms with van der Waals surface area (Å²) < 4.78 is 10.9. The van der Waals surface area contributed by atoms with Gasteiger partial charge in [-0.1, -0.05) is 17.7 Å². The highest BCUT2D eigenvalue weighted by molar-refractivity contribution is 6.33. The summed E-state index contributed by atoms with van der Waals surface area (Å²) >= 11 is 6.08. The molecule has 2 atom stereocenters. The van der Waals surface area contributed by atoms with Crippen molar-refractivity contribution in [3.63, 3.8) is 0 Å². The van der Waals surface area contributed by atoms with E-state index in [1.807, 2.05) is 25.1 Å². The highest BCUT2D eigenvalue weighted by atomic mass is 35.5. The van der Waals surface area contributed by atoms with Crippen LogP contribution in [0.2, 0.25) is 5.02 Å². The highest BCUT2D eigenvalue weighted by Gasteiger charge is 2.16. The van der Waals surface area contributed by atoms with E-state index in [0.29, 0.717) is 24.8 Å². The molecular weight excluding hydrogens is 278 g/mol. The molecular formula is C15H22ClNO3.